The fourth-order valence-corrected chi connectivity index (χ4v) is 3.07. The van der Waals surface area contributed by atoms with Gasteiger partial charge in [0.15, 0.2) is 9.84 Å². The fourth-order valence-electron chi connectivity index (χ4n) is 2.08. The molecule has 2 aromatic rings. The van der Waals surface area contributed by atoms with Crippen LogP contribution in [0.15, 0.2) is 23.1 Å². The molecule has 108 valence electrons. The monoisotopic (exact) mass is 315 g/mol. The van der Waals surface area contributed by atoms with Crippen molar-refractivity contribution in [2.75, 3.05) is 12.1 Å². The molecule has 0 radical (unpaired) electrons. The Kier molecular flexibility index (Phi) is 4.01. The van der Waals surface area contributed by atoms with Crippen LogP contribution >= 0.6 is 11.6 Å². The standard InChI is InChI=1S/C12H14ClN3O3S/c1-20(18,19)9-4-2-3-8-12(9)15-11(5-6-13)16(8)7-10(14)17/h2-4H,5-7H2,1H3,(H2,14,17). The summed E-state index contributed by atoms with van der Waals surface area (Å²) in [6, 6.07) is 4.81. The van der Waals surface area contributed by atoms with Gasteiger partial charge in [0.05, 0.1) is 10.4 Å². The van der Waals surface area contributed by atoms with Gasteiger partial charge in [-0.1, -0.05) is 6.07 Å². The van der Waals surface area contributed by atoms with Crippen LogP contribution in [0.25, 0.3) is 11.0 Å². The first-order valence-electron chi connectivity index (χ1n) is 5.87. The maximum atomic E-state index is 11.8. The topological polar surface area (TPSA) is 95.1 Å². The number of nitrogens with two attached hydrogens (primary N) is 1. The van der Waals surface area contributed by atoms with Crippen molar-refractivity contribution in [2.24, 2.45) is 5.73 Å². The smallest absolute Gasteiger partial charge is 0.237 e. The van der Waals surface area contributed by atoms with Gasteiger partial charge in [0.1, 0.15) is 17.9 Å². The highest BCUT2D eigenvalue weighted by Gasteiger charge is 2.19. The number of imidazole rings is 1. The number of aryl methyl sites for hydroxylation is 1. The van der Waals surface area contributed by atoms with Crippen molar-refractivity contribution < 1.29 is 13.2 Å². The highest BCUT2D eigenvalue weighted by atomic mass is 35.5. The summed E-state index contributed by atoms with van der Waals surface area (Å²) >= 11 is 5.71. The molecule has 0 bridgehead atoms. The molecule has 0 aliphatic heterocycles. The van der Waals surface area contributed by atoms with Crippen molar-refractivity contribution in [1.29, 1.82) is 0 Å². The lowest BCUT2D eigenvalue weighted by Crippen LogP contribution is -2.20. The van der Waals surface area contributed by atoms with Crippen LogP contribution in [0.5, 0.6) is 0 Å². The van der Waals surface area contributed by atoms with Crippen LogP contribution in [0.1, 0.15) is 5.82 Å². The molecule has 20 heavy (non-hydrogen) atoms. The average Bonchev–Trinajstić information content (AvgIpc) is 2.66. The van der Waals surface area contributed by atoms with E-state index in [0.29, 0.717) is 29.2 Å². The number of amides is 1. The molecule has 2 rings (SSSR count). The number of hydrogen-bond donors (Lipinski definition) is 1. The molecule has 0 aliphatic carbocycles. The van der Waals surface area contributed by atoms with Crippen LogP contribution in [0.3, 0.4) is 0 Å². The van der Waals surface area contributed by atoms with Gasteiger partial charge < -0.3 is 10.3 Å². The van der Waals surface area contributed by atoms with Gasteiger partial charge in [-0.2, -0.15) is 0 Å². The van der Waals surface area contributed by atoms with Crippen molar-refractivity contribution in [3.63, 3.8) is 0 Å². The fraction of sp³-hybridized carbons (Fsp3) is 0.333. The predicted octanol–water partition coefficient (Wildman–Crippen LogP) is 0.706. The minimum atomic E-state index is -3.40. The normalized spacial score (nSPS) is 11.9. The Morgan fingerprint density at radius 2 is 2.15 bits per heavy atom. The van der Waals surface area contributed by atoms with Gasteiger partial charge in [0.25, 0.3) is 0 Å². The number of primary amides is 1. The van der Waals surface area contributed by atoms with Crippen LogP contribution in [-0.4, -0.2) is 36.0 Å². The summed E-state index contributed by atoms with van der Waals surface area (Å²) in [7, 11) is -3.40. The van der Waals surface area contributed by atoms with Crippen LogP contribution < -0.4 is 5.73 Å². The number of nitrogens with zero attached hydrogens (tertiary/aromatic N) is 2. The Morgan fingerprint density at radius 3 is 2.70 bits per heavy atom. The SMILES string of the molecule is CS(=O)(=O)c1cccc2c1nc(CCCl)n2CC(N)=O. The maximum Gasteiger partial charge on any atom is 0.237 e. The Hall–Kier alpha value is -1.60. The van der Waals surface area contributed by atoms with Crippen molar-refractivity contribution in [3.05, 3.63) is 24.0 Å². The summed E-state index contributed by atoms with van der Waals surface area (Å²) in [5.74, 6) is 0.339. The third-order valence-corrected chi connectivity index (χ3v) is 4.17. The number of aromatic nitrogens is 2. The molecule has 1 aromatic carbocycles. The highest BCUT2D eigenvalue weighted by Crippen LogP contribution is 2.24. The van der Waals surface area contributed by atoms with Crippen LogP contribution in [0.4, 0.5) is 0 Å². The van der Waals surface area contributed by atoms with E-state index in [0.717, 1.165) is 6.26 Å². The second-order valence-electron chi connectivity index (χ2n) is 4.42. The molecule has 1 amide bonds. The zero-order chi connectivity index (χ0) is 14.9. The van der Waals surface area contributed by atoms with E-state index in [1.807, 2.05) is 0 Å². The number of sulfone groups is 1. The molecule has 0 saturated carbocycles. The molecule has 0 spiro atoms. The first-order chi connectivity index (χ1) is 9.34. The maximum absolute atomic E-state index is 11.8. The van der Waals surface area contributed by atoms with E-state index in [-0.39, 0.29) is 11.4 Å². The number of fused-ring (bicyclic) bond motifs is 1. The first-order valence-corrected chi connectivity index (χ1v) is 8.29. The van der Waals surface area contributed by atoms with Crippen molar-refractivity contribution in [3.8, 4) is 0 Å². The second-order valence-corrected chi connectivity index (χ2v) is 6.78. The highest BCUT2D eigenvalue weighted by molar-refractivity contribution is 7.91. The van der Waals surface area contributed by atoms with Gasteiger partial charge in [-0.15, -0.1) is 11.6 Å². The quantitative estimate of drug-likeness (QED) is 0.822. The summed E-state index contributed by atoms with van der Waals surface area (Å²) in [4.78, 5) is 15.6. The van der Waals surface area contributed by atoms with Gasteiger partial charge in [0.2, 0.25) is 5.91 Å². The van der Waals surface area contributed by atoms with Crippen LogP contribution in [-0.2, 0) is 27.6 Å². The van der Waals surface area contributed by atoms with Gasteiger partial charge in [-0.05, 0) is 12.1 Å². The second kappa shape index (κ2) is 5.41. The van der Waals surface area contributed by atoms with E-state index < -0.39 is 15.7 Å². The number of carbonyl (C=O) groups excluding carboxylic acids is 1. The molecule has 0 saturated heterocycles. The Bertz CT molecular complexity index is 768. The van der Waals surface area contributed by atoms with Gasteiger partial charge in [-0.25, -0.2) is 13.4 Å². The molecule has 1 aromatic heterocycles. The lowest BCUT2D eigenvalue weighted by Gasteiger charge is -2.05. The first kappa shape index (κ1) is 14.8. The summed E-state index contributed by atoms with van der Waals surface area (Å²) < 4.78 is 25.2. The third-order valence-electron chi connectivity index (χ3n) is 2.85. The van der Waals surface area contributed by atoms with E-state index in [2.05, 4.69) is 4.98 Å². The van der Waals surface area contributed by atoms with Crippen molar-refractivity contribution in [1.82, 2.24) is 9.55 Å². The lowest BCUT2D eigenvalue weighted by molar-refractivity contribution is -0.118. The van der Waals surface area contributed by atoms with Crippen LogP contribution in [0.2, 0.25) is 0 Å². The Balaban J connectivity index is 2.76. The molecule has 8 heteroatoms. The summed E-state index contributed by atoms with van der Waals surface area (Å²) in [5, 5.41) is 0. The molecule has 0 fully saturated rings. The lowest BCUT2D eigenvalue weighted by atomic mass is 10.3. The van der Waals surface area contributed by atoms with E-state index in [1.165, 1.54) is 6.07 Å². The largest absolute Gasteiger partial charge is 0.368 e. The Labute approximate surface area is 121 Å². The molecule has 0 aliphatic rings. The molecular formula is C12H14ClN3O3S. The molecule has 6 nitrogen and oxygen atoms in total. The van der Waals surface area contributed by atoms with Gasteiger partial charge >= 0.3 is 0 Å². The van der Waals surface area contributed by atoms with E-state index in [1.54, 1.807) is 16.7 Å². The van der Waals surface area contributed by atoms with E-state index in [4.69, 9.17) is 17.3 Å². The summed E-state index contributed by atoms with van der Waals surface area (Å²) in [6.07, 6.45) is 1.54. The van der Waals surface area contributed by atoms with Gasteiger partial charge in [-0.3, -0.25) is 4.79 Å². The number of benzene rings is 1. The van der Waals surface area contributed by atoms with Crippen LogP contribution in [0, 0.1) is 0 Å². The molecule has 2 N–H and O–H groups in total. The summed E-state index contributed by atoms with van der Waals surface area (Å²) in [6.45, 7) is -0.0596. The number of para-hydroxylation sites is 1. The van der Waals surface area contributed by atoms with E-state index in [9.17, 15) is 13.2 Å². The van der Waals surface area contributed by atoms with Crippen molar-refractivity contribution >= 4 is 38.4 Å². The van der Waals surface area contributed by atoms with E-state index >= 15 is 0 Å². The number of rotatable bonds is 5. The average molecular weight is 316 g/mol. The van der Waals surface area contributed by atoms with Gasteiger partial charge in [0, 0.05) is 18.6 Å². The molecule has 0 unspecified atom stereocenters. The van der Waals surface area contributed by atoms with Crippen molar-refractivity contribution in [2.45, 2.75) is 17.9 Å². The molecule has 0 atom stereocenters. The zero-order valence-electron chi connectivity index (χ0n) is 10.8. The minimum absolute atomic E-state index is 0.0596. The summed E-state index contributed by atoms with van der Waals surface area (Å²) in [5.41, 5.74) is 6.13. The molecule has 1 heterocycles. The minimum Gasteiger partial charge on any atom is -0.368 e. The Morgan fingerprint density at radius 1 is 1.45 bits per heavy atom. The number of alkyl halides is 1. The number of carbonyl (C=O) groups is 1. The molecular weight excluding hydrogens is 302 g/mol. The number of halogens is 1. The number of hydrogen-bond acceptors (Lipinski definition) is 4. The zero-order valence-corrected chi connectivity index (χ0v) is 12.4. The third kappa shape index (κ3) is 2.78. The predicted molar refractivity (Wildman–Crippen MR) is 76.5 cm³/mol.